The van der Waals surface area contributed by atoms with Crippen molar-refractivity contribution in [3.63, 3.8) is 0 Å². The maximum Gasteiger partial charge on any atom is 0.343 e. The normalized spacial score (nSPS) is 21.7. The number of hydrazine groups is 1. The van der Waals surface area contributed by atoms with Crippen molar-refractivity contribution < 1.29 is 33.6 Å². The number of amides is 3. The number of rotatable bonds is 8. The lowest BCUT2D eigenvalue weighted by Gasteiger charge is -2.31. The highest BCUT2D eigenvalue weighted by Gasteiger charge is 2.62. The van der Waals surface area contributed by atoms with Crippen molar-refractivity contribution in [3.8, 4) is 5.75 Å². The van der Waals surface area contributed by atoms with Gasteiger partial charge >= 0.3 is 5.97 Å². The number of hydrogen-bond acceptors (Lipinski definition) is 8. The fraction of sp³-hybridized carbons (Fsp3) is 0.258. The Balaban J connectivity index is 1.22. The molecular formula is C31H23Cl2N3O8. The van der Waals surface area contributed by atoms with E-state index in [1.165, 1.54) is 66.7 Å². The van der Waals surface area contributed by atoms with Crippen LogP contribution in [0.1, 0.15) is 50.3 Å². The van der Waals surface area contributed by atoms with E-state index in [1.54, 1.807) is 0 Å². The van der Waals surface area contributed by atoms with Gasteiger partial charge in [-0.3, -0.25) is 29.3 Å². The summed E-state index contributed by atoms with van der Waals surface area (Å²) >= 11 is 12.3. The van der Waals surface area contributed by atoms with Crippen molar-refractivity contribution in [3.05, 3.63) is 104 Å². The minimum absolute atomic E-state index is 0.00139. The monoisotopic (exact) mass is 635 g/mol. The second-order valence-corrected chi connectivity index (χ2v) is 11.8. The molecule has 2 aliphatic carbocycles. The van der Waals surface area contributed by atoms with Crippen molar-refractivity contribution >= 4 is 58.4 Å². The molecule has 11 nitrogen and oxygen atoms in total. The average molecular weight is 636 g/mol. The molecule has 3 aromatic carbocycles. The van der Waals surface area contributed by atoms with Gasteiger partial charge < -0.3 is 4.74 Å². The lowest BCUT2D eigenvalue weighted by molar-refractivity contribution is -0.384. The predicted molar refractivity (Wildman–Crippen MR) is 156 cm³/mol. The van der Waals surface area contributed by atoms with Crippen LogP contribution in [0.4, 0.5) is 5.69 Å². The topological polar surface area (TPSA) is 144 Å². The Hall–Kier alpha value is -4.61. The zero-order valence-electron chi connectivity index (χ0n) is 22.9. The fourth-order valence-electron chi connectivity index (χ4n) is 6.49. The number of nitro groups is 1. The maximum atomic E-state index is 13.8. The molecule has 3 fully saturated rings. The molecule has 3 amide bonds. The number of halogens is 2. The van der Waals surface area contributed by atoms with Gasteiger partial charge in [0.2, 0.25) is 0 Å². The summed E-state index contributed by atoms with van der Waals surface area (Å²) < 4.78 is 5.31. The smallest absolute Gasteiger partial charge is 0.343 e. The molecule has 0 N–H and O–H groups in total. The highest BCUT2D eigenvalue weighted by molar-refractivity contribution is 6.36. The summed E-state index contributed by atoms with van der Waals surface area (Å²) in [6.07, 6.45) is 2.49. The summed E-state index contributed by atoms with van der Waals surface area (Å²) in [5.74, 6) is -3.94. The van der Waals surface area contributed by atoms with Crippen LogP contribution in [0, 0.1) is 33.8 Å². The molecule has 1 saturated heterocycles. The van der Waals surface area contributed by atoms with E-state index in [0.717, 1.165) is 29.3 Å². The number of benzene rings is 3. The Kier molecular flexibility index (Phi) is 7.68. The van der Waals surface area contributed by atoms with Crippen LogP contribution in [0.3, 0.4) is 0 Å². The highest BCUT2D eigenvalue weighted by atomic mass is 35.5. The van der Waals surface area contributed by atoms with Crippen molar-refractivity contribution in [2.45, 2.75) is 19.3 Å². The van der Waals surface area contributed by atoms with Gasteiger partial charge in [0.15, 0.2) is 5.78 Å². The number of nitrogens with zero attached hydrogens (tertiary/aromatic N) is 3. The number of Topliss-reactive ketones (excluding diaryl/α,β-unsaturated/α-hetero) is 1. The van der Waals surface area contributed by atoms with Crippen molar-refractivity contribution in [2.75, 3.05) is 6.54 Å². The number of nitro benzene ring substituents is 1. The minimum Gasteiger partial charge on any atom is -0.423 e. The molecule has 1 aliphatic heterocycles. The second kappa shape index (κ2) is 11.5. The second-order valence-electron chi connectivity index (χ2n) is 11.0. The number of non-ortho nitro benzene ring substituents is 1. The first-order valence-electron chi connectivity index (χ1n) is 13.8. The third-order valence-electron chi connectivity index (χ3n) is 8.54. The summed E-state index contributed by atoms with van der Waals surface area (Å²) in [5, 5.41) is 12.8. The quantitative estimate of drug-likeness (QED) is 0.0800. The fourth-order valence-corrected chi connectivity index (χ4v) is 6.98. The number of fused-ring (bicyclic) bond motifs is 5. The van der Waals surface area contributed by atoms with E-state index < -0.39 is 52.8 Å². The highest BCUT2D eigenvalue weighted by Crippen LogP contribution is 2.56. The number of carbonyl (C=O) groups is 5. The first-order chi connectivity index (χ1) is 21.0. The van der Waals surface area contributed by atoms with E-state index in [-0.39, 0.29) is 50.0 Å². The minimum atomic E-state index is -0.803. The summed E-state index contributed by atoms with van der Waals surface area (Å²) in [6, 6.07) is 14.5. The van der Waals surface area contributed by atoms with E-state index in [2.05, 4.69) is 0 Å². The van der Waals surface area contributed by atoms with Crippen molar-refractivity contribution in [1.29, 1.82) is 0 Å². The molecule has 0 radical (unpaired) electrons. The molecule has 2 bridgehead atoms. The lowest BCUT2D eigenvalue weighted by Crippen LogP contribution is -2.52. The summed E-state index contributed by atoms with van der Waals surface area (Å²) in [7, 11) is 0. The Morgan fingerprint density at radius 2 is 1.48 bits per heavy atom. The molecule has 224 valence electrons. The van der Waals surface area contributed by atoms with E-state index in [1.807, 2.05) is 0 Å². The number of carbonyl (C=O) groups excluding carboxylic acids is 5. The average Bonchev–Trinajstić information content (AvgIpc) is 3.69. The Morgan fingerprint density at radius 1 is 0.886 bits per heavy atom. The Labute approximate surface area is 260 Å². The van der Waals surface area contributed by atoms with Crippen molar-refractivity contribution in [1.82, 2.24) is 10.0 Å². The zero-order chi connectivity index (χ0) is 31.3. The van der Waals surface area contributed by atoms with Gasteiger partial charge in [-0.05, 0) is 85.7 Å². The van der Waals surface area contributed by atoms with Gasteiger partial charge in [0.05, 0.1) is 32.9 Å². The zero-order valence-corrected chi connectivity index (χ0v) is 24.4. The third kappa shape index (κ3) is 5.22. The number of ether oxygens (including phenoxy) is 1. The van der Waals surface area contributed by atoms with E-state index >= 15 is 0 Å². The summed E-state index contributed by atoms with van der Waals surface area (Å²) in [5.41, 5.74) is 0.00425. The molecule has 3 aliphatic rings. The number of esters is 1. The molecule has 0 spiro atoms. The van der Waals surface area contributed by atoms with Gasteiger partial charge in [-0.25, -0.2) is 9.80 Å². The van der Waals surface area contributed by atoms with Crippen molar-refractivity contribution in [2.24, 2.45) is 23.7 Å². The van der Waals surface area contributed by atoms with Gasteiger partial charge in [0.1, 0.15) is 12.3 Å². The van der Waals surface area contributed by atoms with Crippen LogP contribution in [0.15, 0.2) is 66.7 Å². The molecule has 1 heterocycles. The van der Waals surface area contributed by atoms with Gasteiger partial charge in [-0.15, -0.1) is 0 Å². The Bertz CT molecular complexity index is 1700. The molecule has 0 unspecified atom stereocenters. The molecule has 0 aromatic heterocycles. The van der Waals surface area contributed by atoms with Gasteiger partial charge in [-0.1, -0.05) is 23.2 Å². The standard InChI is InChI=1S/C31H23Cl2N3O8/c32-20-7-12-23(24(33)14-20)28(38)34(35-29(39)26-18-1-2-19(13-18)27(26)30(35)40)15-25(37)16-5-10-22(11-6-16)44-31(41)17-3-8-21(9-4-17)36(42)43/h3-12,14,18-19,26-27H,1-2,13,15H2/t18-,19-,26+,27+/m0/s1. The predicted octanol–water partition coefficient (Wildman–Crippen LogP) is 5.39. The van der Waals surface area contributed by atoms with Crippen LogP contribution in [0.2, 0.25) is 10.0 Å². The van der Waals surface area contributed by atoms with Gasteiger partial charge in [0.25, 0.3) is 23.4 Å². The van der Waals surface area contributed by atoms with Crippen LogP contribution in [0.25, 0.3) is 0 Å². The van der Waals surface area contributed by atoms with Crippen LogP contribution >= 0.6 is 23.2 Å². The van der Waals surface area contributed by atoms with Gasteiger partial charge in [0, 0.05) is 22.7 Å². The SMILES string of the molecule is O=C(CN(C(=O)c1ccc(Cl)cc1Cl)N1C(=O)[C@@H]2[C@H]3CC[C@@H](C3)[C@H]2C1=O)c1ccc(OC(=O)c2ccc([N+](=O)[O-])cc2)cc1. The van der Waals surface area contributed by atoms with Crippen LogP contribution in [-0.4, -0.2) is 51.0 Å². The largest absolute Gasteiger partial charge is 0.423 e. The molecular weight excluding hydrogens is 613 g/mol. The number of imide groups is 1. The number of hydrogen-bond donors (Lipinski definition) is 0. The molecule has 2 saturated carbocycles. The number of ketones is 1. The van der Waals surface area contributed by atoms with E-state index in [0.29, 0.717) is 0 Å². The first kappa shape index (κ1) is 29.5. The molecule has 13 heteroatoms. The Morgan fingerprint density at radius 3 is 2.05 bits per heavy atom. The summed E-state index contributed by atoms with van der Waals surface area (Å²) in [4.78, 5) is 77.2. The van der Waals surface area contributed by atoms with Gasteiger partial charge in [-0.2, -0.15) is 5.01 Å². The first-order valence-corrected chi connectivity index (χ1v) is 14.5. The molecule has 6 rings (SSSR count). The van der Waals surface area contributed by atoms with Crippen LogP contribution in [0.5, 0.6) is 5.75 Å². The summed E-state index contributed by atoms with van der Waals surface area (Å²) in [6.45, 7) is -0.633. The van der Waals surface area contributed by atoms with E-state index in [9.17, 15) is 34.1 Å². The molecule has 3 aromatic rings. The maximum absolute atomic E-state index is 13.8. The third-order valence-corrected chi connectivity index (χ3v) is 9.08. The van der Waals surface area contributed by atoms with Crippen LogP contribution in [-0.2, 0) is 9.59 Å². The van der Waals surface area contributed by atoms with E-state index in [4.69, 9.17) is 27.9 Å². The molecule has 44 heavy (non-hydrogen) atoms. The van der Waals surface area contributed by atoms with Crippen LogP contribution < -0.4 is 4.74 Å². The molecule has 4 atom stereocenters. The lowest BCUT2D eigenvalue weighted by atomic mass is 9.81.